The topological polar surface area (TPSA) is 41.6 Å². The monoisotopic (exact) mass is 269 g/mol. The molecular formula is C5H9Br2N3. The van der Waals surface area contributed by atoms with Crippen LogP contribution in [0.15, 0.2) is 6.33 Å². The lowest BCUT2D eigenvalue weighted by molar-refractivity contribution is 0.851. The minimum Gasteiger partial charge on any atom is -0.263 e. The zero-order valence-corrected chi connectivity index (χ0v) is 8.68. The highest BCUT2D eigenvalue weighted by atomic mass is 79.9. The van der Waals surface area contributed by atoms with E-state index in [0.717, 1.165) is 24.0 Å². The van der Waals surface area contributed by atoms with E-state index in [1.165, 1.54) is 6.33 Å². The van der Waals surface area contributed by atoms with Crippen molar-refractivity contribution in [3.8, 4) is 0 Å². The Morgan fingerprint density at radius 3 is 2.90 bits per heavy atom. The van der Waals surface area contributed by atoms with Crippen LogP contribution in [-0.4, -0.2) is 20.5 Å². The van der Waals surface area contributed by atoms with Gasteiger partial charge in [-0.05, 0) is 6.42 Å². The van der Waals surface area contributed by atoms with Crippen LogP contribution in [0.25, 0.3) is 0 Å². The molecule has 1 aromatic rings. The standard InChI is InChI=1S/C5H8BrN3.BrH/c6-3-1-2-5-7-4-8-9-5;/h4H,1-3H2,(H,7,8,9);1H. The van der Waals surface area contributed by atoms with Crippen LogP contribution in [0.3, 0.4) is 0 Å². The van der Waals surface area contributed by atoms with Crippen LogP contribution in [0, 0.1) is 0 Å². The van der Waals surface area contributed by atoms with Gasteiger partial charge in [0.1, 0.15) is 12.2 Å². The minimum absolute atomic E-state index is 0. The van der Waals surface area contributed by atoms with Gasteiger partial charge < -0.3 is 0 Å². The number of rotatable bonds is 3. The third-order valence-corrected chi connectivity index (χ3v) is 1.57. The van der Waals surface area contributed by atoms with Crippen molar-refractivity contribution >= 4 is 32.9 Å². The Balaban J connectivity index is 0.000000810. The fourth-order valence-corrected chi connectivity index (χ4v) is 0.866. The number of nitrogens with zero attached hydrogens (tertiary/aromatic N) is 2. The summed E-state index contributed by atoms with van der Waals surface area (Å²) in [7, 11) is 0. The van der Waals surface area contributed by atoms with E-state index in [0.29, 0.717) is 0 Å². The SMILES string of the molecule is Br.BrCCCc1ncn[nH]1. The van der Waals surface area contributed by atoms with Crippen molar-refractivity contribution in [1.29, 1.82) is 0 Å². The summed E-state index contributed by atoms with van der Waals surface area (Å²) in [6.07, 6.45) is 3.62. The summed E-state index contributed by atoms with van der Waals surface area (Å²) in [5.74, 6) is 0.967. The van der Waals surface area contributed by atoms with Gasteiger partial charge in [-0.15, -0.1) is 17.0 Å². The van der Waals surface area contributed by atoms with Gasteiger partial charge in [0, 0.05) is 11.8 Å². The highest BCUT2D eigenvalue weighted by Gasteiger charge is 1.91. The molecule has 0 aliphatic rings. The van der Waals surface area contributed by atoms with Crippen LogP contribution in [0.2, 0.25) is 0 Å². The van der Waals surface area contributed by atoms with E-state index >= 15 is 0 Å². The van der Waals surface area contributed by atoms with Crippen LogP contribution in [0.1, 0.15) is 12.2 Å². The predicted octanol–water partition coefficient (Wildman–Crippen LogP) is 1.71. The minimum atomic E-state index is 0. The number of hydrogen-bond donors (Lipinski definition) is 1. The molecule has 1 aromatic heterocycles. The van der Waals surface area contributed by atoms with Gasteiger partial charge in [-0.1, -0.05) is 15.9 Å². The van der Waals surface area contributed by atoms with E-state index in [9.17, 15) is 0 Å². The zero-order chi connectivity index (χ0) is 6.53. The number of H-pyrrole nitrogens is 1. The molecule has 1 rings (SSSR count). The van der Waals surface area contributed by atoms with Crippen molar-refractivity contribution < 1.29 is 0 Å². The first-order valence-corrected chi connectivity index (χ1v) is 3.96. The molecule has 1 N–H and O–H groups in total. The van der Waals surface area contributed by atoms with Crippen molar-refractivity contribution in [2.45, 2.75) is 12.8 Å². The highest BCUT2D eigenvalue weighted by Crippen LogP contribution is 1.95. The van der Waals surface area contributed by atoms with Gasteiger partial charge in [-0.2, -0.15) is 5.10 Å². The van der Waals surface area contributed by atoms with Crippen molar-refractivity contribution in [3.63, 3.8) is 0 Å². The zero-order valence-electron chi connectivity index (χ0n) is 5.38. The number of hydrogen-bond acceptors (Lipinski definition) is 2. The Morgan fingerprint density at radius 1 is 1.60 bits per heavy atom. The Hall–Kier alpha value is 0.1000. The van der Waals surface area contributed by atoms with Crippen LogP contribution < -0.4 is 0 Å². The van der Waals surface area contributed by atoms with Gasteiger partial charge in [0.2, 0.25) is 0 Å². The molecule has 0 atom stereocenters. The van der Waals surface area contributed by atoms with E-state index in [-0.39, 0.29) is 17.0 Å². The van der Waals surface area contributed by atoms with Gasteiger partial charge in [-0.3, -0.25) is 5.10 Å². The summed E-state index contributed by atoms with van der Waals surface area (Å²) in [4.78, 5) is 3.97. The molecule has 0 spiro atoms. The van der Waals surface area contributed by atoms with E-state index in [1.807, 2.05) is 0 Å². The molecule has 0 fully saturated rings. The number of aromatic amines is 1. The molecule has 0 aliphatic heterocycles. The van der Waals surface area contributed by atoms with E-state index in [2.05, 4.69) is 31.1 Å². The lowest BCUT2D eigenvalue weighted by Gasteiger charge is -1.88. The quantitative estimate of drug-likeness (QED) is 0.850. The van der Waals surface area contributed by atoms with Gasteiger partial charge >= 0.3 is 0 Å². The van der Waals surface area contributed by atoms with Crippen LogP contribution in [0.5, 0.6) is 0 Å². The molecule has 0 bridgehead atoms. The van der Waals surface area contributed by atoms with Crippen LogP contribution in [0.4, 0.5) is 0 Å². The molecule has 0 unspecified atom stereocenters. The number of halogens is 2. The molecule has 0 saturated heterocycles. The molecule has 1 heterocycles. The molecular weight excluding hydrogens is 262 g/mol. The third-order valence-electron chi connectivity index (χ3n) is 1.01. The Bertz CT molecular complexity index is 152. The molecule has 0 aromatic carbocycles. The van der Waals surface area contributed by atoms with Crippen LogP contribution >= 0.6 is 32.9 Å². The first-order chi connectivity index (χ1) is 4.43. The van der Waals surface area contributed by atoms with Crippen molar-refractivity contribution in [1.82, 2.24) is 15.2 Å². The molecule has 0 amide bonds. The molecule has 0 saturated carbocycles. The molecule has 10 heavy (non-hydrogen) atoms. The lowest BCUT2D eigenvalue weighted by Crippen LogP contribution is -1.87. The number of aromatic nitrogens is 3. The number of alkyl halides is 1. The van der Waals surface area contributed by atoms with Crippen LogP contribution in [-0.2, 0) is 6.42 Å². The Morgan fingerprint density at radius 2 is 2.40 bits per heavy atom. The largest absolute Gasteiger partial charge is 0.263 e. The second-order valence-electron chi connectivity index (χ2n) is 1.72. The van der Waals surface area contributed by atoms with E-state index in [1.54, 1.807) is 0 Å². The van der Waals surface area contributed by atoms with Gasteiger partial charge in [-0.25, -0.2) is 4.98 Å². The second-order valence-corrected chi connectivity index (χ2v) is 2.52. The van der Waals surface area contributed by atoms with Crippen molar-refractivity contribution in [3.05, 3.63) is 12.2 Å². The number of nitrogens with one attached hydrogen (secondary N) is 1. The lowest BCUT2D eigenvalue weighted by atomic mass is 10.3. The first kappa shape index (κ1) is 10.1. The third kappa shape index (κ3) is 3.31. The molecule has 0 radical (unpaired) electrons. The molecule has 3 nitrogen and oxygen atoms in total. The van der Waals surface area contributed by atoms with Gasteiger partial charge in [0.05, 0.1) is 0 Å². The highest BCUT2D eigenvalue weighted by molar-refractivity contribution is 9.09. The Kier molecular flexibility index (Phi) is 5.91. The van der Waals surface area contributed by atoms with Gasteiger partial charge in [0.25, 0.3) is 0 Å². The van der Waals surface area contributed by atoms with E-state index < -0.39 is 0 Å². The smallest absolute Gasteiger partial charge is 0.137 e. The molecule has 58 valence electrons. The fraction of sp³-hybridized carbons (Fsp3) is 0.600. The summed E-state index contributed by atoms with van der Waals surface area (Å²) in [6, 6.07) is 0. The summed E-state index contributed by atoms with van der Waals surface area (Å²) in [6.45, 7) is 0. The number of aryl methyl sites for hydroxylation is 1. The fourth-order valence-electron chi connectivity index (χ4n) is 0.586. The average molecular weight is 271 g/mol. The first-order valence-electron chi connectivity index (χ1n) is 2.83. The van der Waals surface area contributed by atoms with Crippen molar-refractivity contribution in [2.24, 2.45) is 0 Å². The summed E-state index contributed by atoms with van der Waals surface area (Å²) >= 11 is 3.33. The normalized spacial score (nSPS) is 8.90. The maximum atomic E-state index is 3.97. The summed E-state index contributed by atoms with van der Waals surface area (Å²) in [5.41, 5.74) is 0. The second kappa shape index (κ2) is 5.85. The average Bonchev–Trinajstić information content (AvgIpc) is 2.34. The van der Waals surface area contributed by atoms with Gasteiger partial charge in [0.15, 0.2) is 0 Å². The molecule has 0 aliphatic carbocycles. The summed E-state index contributed by atoms with van der Waals surface area (Å²) < 4.78 is 0. The van der Waals surface area contributed by atoms with Crippen molar-refractivity contribution in [2.75, 3.05) is 5.33 Å². The maximum Gasteiger partial charge on any atom is 0.137 e. The maximum absolute atomic E-state index is 3.97. The van der Waals surface area contributed by atoms with E-state index in [4.69, 9.17) is 0 Å². The predicted molar refractivity (Wildman–Crippen MR) is 48.8 cm³/mol. The summed E-state index contributed by atoms with van der Waals surface area (Å²) in [5, 5.41) is 7.54. The Labute approximate surface area is 78.5 Å². The molecule has 5 heteroatoms.